The topological polar surface area (TPSA) is 66.9 Å². The highest BCUT2D eigenvalue weighted by Crippen LogP contribution is 2.23. The molecular weight excluding hydrogens is 336 g/mol. The van der Waals surface area contributed by atoms with E-state index in [1.165, 1.54) is 23.5 Å². The average Bonchev–Trinajstić information content (AvgIpc) is 2.61. The number of rotatable bonds is 4. The Bertz CT molecular complexity index is 971. The molecule has 0 aliphatic rings. The van der Waals surface area contributed by atoms with Gasteiger partial charge in [0, 0.05) is 23.8 Å². The van der Waals surface area contributed by atoms with E-state index in [2.05, 4.69) is 45.7 Å². The molecule has 0 unspecified atom stereocenters. The van der Waals surface area contributed by atoms with Crippen molar-refractivity contribution >= 4 is 23.2 Å². The molecule has 138 valence electrons. The van der Waals surface area contributed by atoms with E-state index in [-0.39, 0.29) is 5.91 Å². The van der Waals surface area contributed by atoms with E-state index in [1.807, 2.05) is 39.8 Å². The van der Waals surface area contributed by atoms with Crippen molar-refractivity contribution in [2.45, 2.75) is 34.6 Å². The Morgan fingerprint density at radius 3 is 2.00 bits per heavy atom. The number of hydrogen-bond acceptors (Lipinski definition) is 4. The summed E-state index contributed by atoms with van der Waals surface area (Å²) in [6.07, 6.45) is 3.07. The first kappa shape index (κ1) is 18.6. The van der Waals surface area contributed by atoms with Crippen LogP contribution in [-0.2, 0) is 0 Å². The fraction of sp³-hybridized carbons (Fsp3) is 0.227. The second-order valence-corrected chi connectivity index (χ2v) is 6.97. The Morgan fingerprint density at radius 1 is 0.815 bits per heavy atom. The number of nitrogens with zero attached hydrogens (tertiary/aromatic N) is 2. The highest BCUT2D eigenvalue weighted by Gasteiger charge is 2.12. The fourth-order valence-corrected chi connectivity index (χ4v) is 3.15. The summed E-state index contributed by atoms with van der Waals surface area (Å²) in [7, 11) is 0. The van der Waals surface area contributed by atoms with Gasteiger partial charge < -0.3 is 10.6 Å². The van der Waals surface area contributed by atoms with Gasteiger partial charge in [-0.3, -0.25) is 4.79 Å². The lowest BCUT2D eigenvalue weighted by molar-refractivity contribution is 0.102. The van der Waals surface area contributed by atoms with Gasteiger partial charge in [-0.25, -0.2) is 9.97 Å². The second kappa shape index (κ2) is 7.58. The van der Waals surface area contributed by atoms with Crippen LogP contribution in [0.4, 0.5) is 17.3 Å². The van der Waals surface area contributed by atoms with Crippen LogP contribution in [-0.4, -0.2) is 15.9 Å². The fourth-order valence-electron chi connectivity index (χ4n) is 3.15. The largest absolute Gasteiger partial charge is 0.324 e. The van der Waals surface area contributed by atoms with Gasteiger partial charge in [-0.2, -0.15) is 0 Å². The highest BCUT2D eigenvalue weighted by molar-refractivity contribution is 6.04. The summed E-state index contributed by atoms with van der Waals surface area (Å²) in [5, 5.41) is 6.15. The summed E-state index contributed by atoms with van der Waals surface area (Å²) in [5.74, 6) is 0.240. The summed E-state index contributed by atoms with van der Waals surface area (Å²) in [5.41, 5.74) is 7.77. The molecule has 27 heavy (non-hydrogen) atoms. The lowest BCUT2D eigenvalue weighted by Gasteiger charge is -2.13. The van der Waals surface area contributed by atoms with E-state index in [0.717, 1.165) is 28.1 Å². The monoisotopic (exact) mass is 360 g/mol. The molecule has 1 heterocycles. The van der Waals surface area contributed by atoms with E-state index < -0.39 is 0 Å². The third-order valence-corrected chi connectivity index (χ3v) is 4.46. The van der Waals surface area contributed by atoms with Crippen LogP contribution in [0.3, 0.4) is 0 Å². The first-order valence-electron chi connectivity index (χ1n) is 8.89. The molecule has 0 fully saturated rings. The summed E-state index contributed by atoms with van der Waals surface area (Å²) in [4.78, 5) is 21.1. The van der Waals surface area contributed by atoms with Crippen LogP contribution in [0.1, 0.15) is 38.2 Å². The van der Waals surface area contributed by atoms with Crippen molar-refractivity contribution in [3.8, 4) is 0 Å². The SMILES string of the molecule is Cc1ccc(Nc2ncc(C(=O)Nc3c(C)cc(C)cc3C)cn2)c(C)c1. The zero-order chi connectivity index (χ0) is 19.6. The van der Waals surface area contributed by atoms with E-state index >= 15 is 0 Å². The minimum atomic E-state index is -0.219. The summed E-state index contributed by atoms with van der Waals surface area (Å²) >= 11 is 0. The maximum Gasteiger partial charge on any atom is 0.258 e. The molecule has 0 bridgehead atoms. The molecule has 0 saturated carbocycles. The van der Waals surface area contributed by atoms with E-state index in [9.17, 15) is 4.79 Å². The van der Waals surface area contributed by atoms with Gasteiger partial charge in [0.25, 0.3) is 5.91 Å². The summed E-state index contributed by atoms with van der Waals surface area (Å²) < 4.78 is 0. The Hall–Kier alpha value is -3.21. The quantitative estimate of drug-likeness (QED) is 0.686. The standard InChI is InChI=1S/C22H24N4O/c1-13-6-7-19(15(3)8-13)25-22-23-11-18(12-24-22)21(27)26-20-16(4)9-14(2)10-17(20)5/h6-12H,1-5H3,(H,26,27)(H,23,24,25). The van der Waals surface area contributed by atoms with Crippen LogP contribution in [0.2, 0.25) is 0 Å². The normalized spacial score (nSPS) is 10.6. The van der Waals surface area contributed by atoms with Crippen LogP contribution in [0.25, 0.3) is 0 Å². The Labute approximate surface area is 159 Å². The number of carbonyl (C=O) groups is 1. The predicted octanol–water partition coefficient (Wildman–Crippen LogP) is 5.01. The van der Waals surface area contributed by atoms with E-state index in [1.54, 1.807) is 0 Å². The van der Waals surface area contributed by atoms with Crippen molar-refractivity contribution in [2.75, 3.05) is 10.6 Å². The van der Waals surface area contributed by atoms with Gasteiger partial charge in [-0.15, -0.1) is 0 Å². The summed E-state index contributed by atoms with van der Waals surface area (Å²) in [6.45, 7) is 10.1. The van der Waals surface area contributed by atoms with Crippen molar-refractivity contribution < 1.29 is 4.79 Å². The molecule has 2 N–H and O–H groups in total. The van der Waals surface area contributed by atoms with Crippen LogP contribution in [0.15, 0.2) is 42.7 Å². The maximum atomic E-state index is 12.6. The molecule has 0 saturated heterocycles. The maximum absolute atomic E-state index is 12.6. The van der Waals surface area contributed by atoms with Crippen molar-refractivity contribution in [1.29, 1.82) is 0 Å². The molecule has 0 spiro atoms. The lowest BCUT2D eigenvalue weighted by atomic mass is 10.0. The van der Waals surface area contributed by atoms with Gasteiger partial charge in [-0.1, -0.05) is 35.4 Å². The minimum Gasteiger partial charge on any atom is -0.324 e. The van der Waals surface area contributed by atoms with Gasteiger partial charge >= 0.3 is 0 Å². The molecule has 0 radical (unpaired) electrons. The zero-order valence-corrected chi connectivity index (χ0v) is 16.3. The predicted molar refractivity (Wildman–Crippen MR) is 110 cm³/mol. The van der Waals surface area contributed by atoms with Gasteiger partial charge in [-0.05, 0) is 57.4 Å². The van der Waals surface area contributed by atoms with Gasteiger partial charge in [0.2, 0.25) is 5.95 Å². The first-order chi connectivity index (χ1) is 12.8. The highest BCUT2D eigenvalue weighted by atomic mass is 16.1. The molecule has 0 aliphatic carbocycles. The van der Waals surface area contributed by atoms with Gasteiger partial charge in [0.1, 0.15) is 0 Å². The number of aromatic nitrogens is 2. The van der Waals surface area contributed by atoms with Gasteiger partial charge in [0.15, 0.2) is 0 Å². The number of amides is 1. The Balaban J connectivity index is 1.74. The van der Waals surface area contributed by atoms with Crippen LogP contribution >= 0.6 is 0 Å². The molecule has 5 heteroatoms. The first-order valence-corrected chi connectivity index (χ1v) is 8.89. The lowest BCUT2D eigenvalue weighted by Crippen LogP contribution is -2.15. The number of hydrogen-bond donors (Lipinski definition) is 2. The number of nitrogens with one attached hydrogen (secondary N) is 2. The summed E-state index contributed by atoms with van der Waals surface area (Å²) in [6, 6.07) is 10.2. The number of carbonyl (C=O) groups excluding carboxylic acids is 1. The van der Waals surface area contributed by atoms with Crippen molar-refractivity contribution in [2.24, 2.45) is 0 Å². The second-order valence-electron chi connectivity index (χ2n) is 6.97. The van der Waals surface area contributed by atoms with E-state index in [4.69, 9.17) is 0 Å². The molecule has 5 nitrogen and oxygen atoms in total. The third kappa shape index (κ3) is 4.31. The van der Waals surface area contributed by atoms with E-state index in [0.29, 0.717) is 11.5 Å². The molecule has 0 aliphatic heterocycles. The Morgan fingerprint density at radius 2 is 1.41 bits per heavy atom. The molecule has 3 rings (SSSR count). The smallest absolute Gasteiger partial charge is 0.258 e. The zero-order valence-electron chi connectivity index (χ0n) is 16.3. The van der Waals surface area contributed by atoms with Crippen LogP contribution < -0.4 is 10.6 Å². The third-order valence-electron chi connectivity index (χ3n) is 4.46. The number of benzene rings is 2. The van der Waals surface area contributed by atoms with Crippen molar-refractivity contribution in [3.05, 3.63) is 76.1 Å². The molecular formula is C22H24N4O. The van der Waals surface area contributed by atoms with Gasteiger partial charge in [0.05, 0.1) is 5.56 Å². The Kier molecular flexibility index (Phi) is 5.21. The number of aryl methyl sites for hydroxylation is 5. The molecule has 2 aromatic carbocycles. The van der Waals surface area contributed by atoms with Crippen LogP contribution in [0, 0.1) is 34.6 Å². The van der Waals surface area contributed by atoms with Crippen molar-refractivity contribution in [1.82, 2.24) is 9.97 Å². The molecule has 0 atom stereocenters. The molecule has 1 amide bonds. The van der Waals surface area contributed by atoms with Crippen molar-refractivity contribution in [3.63, 3.8) is 0 Å². The molecule has 1 aromatic heterocycles. The molecule has 3 aromatic rings. The minimum absolute atomic E-state index is 0.219. The average molecular weight is 360 g/mol. The van der Waals surface area contributed by atoms with Crippen LogP contribution in [0.5, 0.6) is 0 Å². The number of anilines is 3.